The zero-order valence-corrected chi connectivity index (χ0v) is 15.9. The van der Waals surface area contributed by atoms with E-state index in [0.29, 0.717) is 11.3 Å². The maximum Gasteiger partial charge on any atom is 0.287 e. The molecule has 1 aromatic carbocycles. The number of hydrogen-bond donors (Lipinski definition) is 2. The highest BCUT2D eigenvalue weighted by Gasteiger charge is 2.38. The Morgan fingerprint density at radius 1 is 1.24 bits per heavy atom. The normalized spacial score (nSPS) is 19.8. The highest BCUT2D eigenvalue weighted by Crippen LogP contribution is 2.31. The van der Waals surface area contributed by atoms with Crippen molar-refractivity contribution < 1.29 is 13.9 Å². The lowest BCUT2D eigenvalue weighted by Crippen LogP contribution is -2.62. The van der Waals surface area contributed by atoms with Gasteiger partial charge in [0.05, 0.1) is 7.11 Å². The average molecular weight is 344 g/mol. The Kier molecular flexibility index (Phi) is 4.31. The number of ether oxygens (including phenoxy) is 1. The van der Waals surface area contributed by atoms with Crippen LogP contribution in [-0.2, 0) is 0 Å². The predicted octanol–water partition coefficient (Wildman–Crippen LogP) is 3.79. The first-order valence-corrected chi connectivity index (χ1v) is 8.78. The second-order valence-corrected chi connectivity index (χ2v) is 8.39. The van der Waals surface area contributed by atoms with E-state index in [-0.39, 0.29) is 23.0 Å². The lowest BCUT2D eigenvalue weighted by molar-refractivity contribution is 0.0847. The largest absolute Gasteiger partial charge is 0.497 e. The number of rotatable bonds is 3. The van der Waals surface area contributed by atoms with Crippen molar-refractivity contribution in [2.45, 2.75) is 64.6 Å². The molecule has 2 heterocycles. The van der Waals surface area contributed by atoms with E-state index in [1.807, 2.05) is 25.1 Å². The summed E-state index contributed by atoms with van der Waals surface area (Å²) in [5.41, 5.74) is 1.51. The average Bonchev–Trinajstić information content (AvgIpc) is 2.80. The number of carbonyl (C=O) groups excluding carboxylic acids is 1. The first-order chi connectivity index (χ1) is 11.6. The zero-order valence-electron chi connectivity index (χ0n) is 15.9. The molecule has 0 unspecified atom stereocenters. The minimum Gasteiger partial charge on any atom is -0.497 e. The number of nitrogens with one attached hydrogen (secondary N) is 2. The molecule has 1 aromatic heterocycles. The van der Waals surface area contributed by atoms with Crippen LogP contribution in [-0.4, -0.2) is 30.1 Å². The van der Waals surface area contributed by atoms with Crippen molar-refractivity contribution in [2.24, 2.45) is 0 Å². The molecule has 0 aliphatic carbocycles. The Morgan fingerprint density at radius 3 is 2.48 bits per heavy atom. The van der Waals surface area contributed by atoms with Gasteiger partial charge in [0.15, 0.2) is 5.76 Å². The third-order valence-corrected chi connectivity index (χ3v) is 4.87. The number of hydrogen-bond acceptors (Lipinski definition) is 4. The standard InChI is InChI=1S/C20H28N2O3/c1-12-15-9-14(24-6)7-8-16(15)25-17(12)18(23)21-13-10-19(2,3)22-20(4,5)11-13/h7-9,13,22H,10-11H2,1-6H3,(H,21,23). The summed E-state index contributed by atoms with van der Waals surface area (Å²) in [6.45, 7) is 10.6. The van der Waals surface area contributed by atoms with Gasteiger partial charge in [-0.3, -0.25) is 4.79 Å². The van der Waals surface area contributed by atoms with Gasteiger partial charge >= 0.3 is 0 Å². The summed E-state index contributed by atoms with van der Waals surface area (Å²) < 4.78 is 11.1. The molecule has 1 saturated heterocycles. The van der Waals surface area contributed by atoms with Crippen LogP contribution in [0.15, 0.2) is 22.6 Å². The number of piperidine rings is 1. The summed E-state index contributed by atoms with van der Waals surface area (Å²) in [7, 11) is 1.63. The number of benzene rings is 1. The number of amides is 1. The third kappa shape index (κ3) is 3.66. The molecule has 1 aliphatic rings. The molecule has 25 heavy (non-hydrogen) atoms. The molecular weight excluding hydrogens is 316 g/mol. The molecule has 0 bridgehead atoms. The maximum absolute atomic E-state index is 12.8. The minimum absolute atomic E-state index is 0.0179. The molecule has 3 rings (SSSR count). The summed E-state index contributed by atoms with van der Waals surface area (Å²) in [5.74, 6) is 0.994. The molecule has 5 nitrogen and oxygen atoms in total. The number of fused-ring (bicyclic) bond motifs is 1. The van der Waals surface area contributed by atoms with E-state index >= 15 is 0 Å². The minimum atomic E-state index is -0.147. The lowest BCUT2D eigenvalue weighted by atomic mass is 9.79. The van der Waals surface area contributed by atoms with Crippen molar-refractivity contribution in [3.63, 3.8) is 0 Å². The Balaban J connectivity index is 1.84. The van der Waals surface area contributed by atoms with Crippen molar-refractivity contribution in [1.82, 2.24) is 10.6 Å². The van der Waals surface area contributed by atoms with E-state index in [9.17, 15) is 4.79 Å². The van der Waals surface area contributed by atoms with Gasteiger partial charge in [0.1, 0.15) is 11.3 Å². The molecule has 5 heteroatoms. The topological polar surface area (TPSA) is 63.5 Å². The van der Waals surface area contributed by atoms with Crippen molar-refractivity contribution in [2.75, 3.05) is 7.11 Å². The Bertz CT molecular complexity index is 789. The molecule has 0 atom stereocenters. The van der Waals surface area contributed by atoms with E-state index in [4.69, 9.17) is 9.15 Å². The molecule has 1 fully saturated rings. The molecule has 136 valence electrons. The third-order valence-electron chi connectivity index (χ3n) is 4.87. The van der Waals surface area contributed by atoms with Crippen LogP contribution in [0.1, 0.15) is 56.7 Å². The fourth-order valence-corrected chi connectivity index (χ4v) is 4.22. The van der Waals surface area contributed by atoms with Gasteiger partial charge in [-0.1, -0.05) is 0 Å². The van der Waals surface area contributed by atoms with Crippen LogP contribution in [0.4, 0.5) is 0 Å². The second kappa shape index (κ2) is 6.06. The SMILES string of the molecule is COc1ccc2oc(C(=O)NC3CC(C)(C)NC(C)(C)C3)c(C)c2c1. The molecule has 1 amide bonds. The molecule has 0 saturated carbocycles. The Morgan fingerprint density at radius 2 is 1.88 bits per heavy atom. The zero-order chi connectivity index (χ0) is 18.4. The second-order valence-electron chi connectivity index (χ2n) is 8.39. The van der Waals surface area contributed by atoms with Gasteiger partial charge in [0.2, 0.25) is 0 Å². The first kappa shape index (κ1) is 17.8. The highest BCUT2D eigenvalue weighted by atomic mass is 16.5. The molecular formula is C20H28N2O3. The summed E-state index contributed by atoms with van der Waals surface area (Å²) in [6.07, 6.45) is 1.77. The summed E-state index contributed by atoms with van der Waals surface area (Å²) in [6, 6.07) is 5.70. The van der Waals surface area contributed by atoms with Gasteiger partial charge in [-0.05, 0) is 65.7 Å². The van der Waals surface area contributed by atoms with Crippen molar-refractivity contribution >= 4 is 16.9 Å². The predicted molar refractivity (Wildman–Crippen MR) is 99.3 cm³/mol. The van der Waals surface area contributed by atoms with Gasteiger partial charge in [-0.15, -0.1) is 0 Å². The lowest BCUT2D eigenvalue weighted by Gasteiger charge is -2.46. The van der Waals surface area contributed by atoms with Crippen LogP contribution in [0.5, 0.6) is 5.75 Å². The molecule has 0 radical (unpaired) electrons. The highest BCUT2D eigenvalue weighted by molar-refractivity contribution is 5.99. The van der Waals surface area contributed by atoms with Crippen LogP contribution < -0.4 is 15.4 Å². The van der Waals surface area contributed by atoms with Crippen molar-refractivity contribution in [1.29, 1.82) is 0 Å². The summed E-state index contributed by atoms with van der Waals surface area (Å²) >= 11 is 0. The van der Waals surface area contributed by atoms with Crippen molar-refractivity contribution in [3.8, 4) is 5.75 Å². The van der Waals surface area contributed by atoms with Crippen LogP contribution in [0.2, 0.25) is 0 Å². The van der Waals surface area contributed by atoms with Crippen molar-refractivity contribution in [3.05, 3.63) is 29.5 Å². The number of methoxy groups -OCH3 is 1. The van der Waals surface area contributed by atoms with Crippen LogP contribution >= 0.6 is 0 Å². The number of furan rings is 1. The van der Waals surface area contributed by atoms with Gasteiger partial charge < -0.3 is 19.8 Å². The van der Waals surface area contributed by atoms with E-state index in [1.165, 1.54) is 0 Å². The van der Waals surface area contributed by atoms with Crippen LogP contribution in [0, 0.1) is 6.92 Å². The van der Waals surface area contributed by atoms with E-state index in [0.717, 1.165) is 29.5 Å². The van der Waals surface area contributed by atoms with Crippen LogP contribution in [0.25, 0.3) is 11.0 Å². The van der Waals surface area contributed by atoms with Crippen LogP contribution in [0.3, 0.4) is 0 Å². The Hall–Kier alpha value is -2.01. The van der Waals surface area contributed by atoms with E-state index < -0.39 is 0 Å². The molecule has 1 aliphatic heterocycles. The smallest absolute Gasteiger partial charge is 0.287 e. The molecule has 2 N–H and O–H groups in total. The Labute approximate surface area is 149 Å². The monoisotopic (exact) mass is 344 g/mol. The van der Waals surface area contributed by atoms with Gasteiger partial charge in [0, 0.05) is 28.1 Å². The molecule has 2 aromatic rings. The van der Waals surface area contributed by atoms with Gasteiger partial charge in [-0.2, -0.15) is 0 Å². The first-order valence-electron chi connectivity index (χ1n) is 8.78. The quantitative estimate of drug-likeness (QED) is 0.889. The van der Waals surface area contributed by atoms with Gasteiger partial charge in [0.25, 0.3) is 5.91 Å². The van der Waals surface area contributed by atoms with E-state index in [1.54, 1.807) is 7.11 Å². The summed E-state index contributed by atoms with van der Waals surface area (Å²) in [4.78, 5) is 12.8. The fraction of sp³-hybridized carbons (Fsp3) is 0.550. The fourth-order valence-electron chi connectivity index (χ4n) is 4.22. The van der Waals surface area contributed by atoms with Gasteiger partial charge in [-0.25, -0.2) is 0 Å². The maximum atomic E-state index is 12.8. The number of carbonyl (C=O) groups is 1. The van der Waals surface area contributed by atoms with E-state index in [2.05, 4.69) is 38.3 Å². The number of aryl methyl sites for hydroxylation is 1. The molecule has 0 spiro atoms. The summed E-state index contributed by atoms with van der Waals surface area (Å²) in [5, 5.41) is 7.72.